The summed E-state index contributed by atoms with van der Waals surface area (Å²) >= 11 is 0. The van der Waals surface area contributed by atoms with Crippen LogP contribution in [0.1, 0.15) is 25.0 Å². The summed E-state index contributed by atoms with van der Waals surface area (Å²) < 4.78 is 0. The Bertz CT molecular complexity index is 2460. The van der Waals surface area contributed by atoms with E-state index in [0.717, 1.165) is 11.4 Å². The van der Waals surface area contributed by atoms with Crippen LogP contribution in [-0.4, -0.2) is 0 Å². The van der Waals surface area contributed by atoms with Gasteiger partial charge in [-0.3, -0.25) is 0 Å². The molecule has 0 radical (unpaired) electrons. The molecule has 8 aromatic carbocycles. The van der Waals surface area contributed by atoms with Gasteiger partial charge >= 0.3 is 0 Å². The monoisotopic (exact) mass is 613 g/mol. The number of hydrogen-bond acceptors (Lipinski definition) is 1. The molecule has 0 unspecified atom stereocenters. The predicted molar refractivity (Wildman–Crippen MR) is 205 cm³/mol. The zero-order chi connectivity index (χ0) is 32.2. The molecule has 0 aromatic heterocycles. The standard InChI is InChI=1S/C47H35N/c1-47(2)42-25-12-10-23-41(42)45-44(31-35-18-7-9-22-40(35)46(45)47)48(43-26-13-11-21-39(43)33-15-4-3-5-16-33)36-29-27-34(28-30-36)38-24-14-19-32-17-6-8-20-37(32)38/h3-31H,1-2H3. The Morgan fingerprint density at radius 1 is 0.417 bits per heavy atom. The Labute approximate surface area is 282 Å². The molecule has 0 saturated heterocycles. The van der Waals surface area contributed by atoms with E-state index in [2.05, 4.69) is 195 Å². The molecule has 1 aliphatic carbocycles. The van der Waals surface area contributed by atoms with Crippen LogP contribution in [0.4, 0.5) is 17.1 Å². The fourth-order valence-corrected chi connectivity index (χ4v) is 8.02. The van der Waals surface area contributed by atoms with Crippen LogP contribution < -0.4 is 4.90 Å². The van der Waals surface area contributed by atoms with Gasteiger partial charge in [-0.05, 0) is 79.2 Å². The van der Waals surface area contributed by atoms with Crippen LogP contribution in [0, 0.1) is 0 Å². The highest BCUT2D eigenvalue weighted by molar-refractivity contribution is 6.07. The van der Waals surface area contributed by atoms with Gasteiger partial charge in [0, 0.05) is 22.2 Å². The summed E-state index contributed by atoms with van der Waals surface area (Å²) in [6.45, 7) is 4.77. The highest BCUT2D eigenvalue weighted by Crippen LogP contribution is 2.57. The van der Waals surface area contributed by atoms with E-state index >= 15 is 0 Å². The van der Waals surface area contributed by atoms with Crippen LogP contribution in [0.2, 0.25) is 0 Å². The normalized spacial score (nSPS) is 13.0. The maximum atomic E-state index is 2.50. The van der Waals surface area contributed by atoms with Gasteiger partial charge in [-0.15, -0.1) is 0 Å². The van der Waals surface area contributed by atoms with Crippen molar-refractivity contribution < 1.29 is 0 Å². The second-order valence-corrected chi connectivity index (χ2v) is 13.3. The Hall–Kier alpha value is -5.92. The molecule has 0 saturated carbocycles. The molecule has 1 aliphatic rings. The second kappa shape index (κ2) is 11.1. The molecular formula is C47H35N. The third-order valence-electron chi connectivity index (χ3n) is 10.2. The number of anilines is 3. The fraction of sp³-hybridized carbons (Fsp3) is 0.0638. The van der Waals surface area contributed by atoms with E-state index in [1.54, 1.807) is 0 Å². The molecule has 0 heterocycles. The Morgan fingerprint density at radius 3 is 1.81 bits per heavy atom. The van der Waals surface area contributed by atoms with Gasteiger partial charge in [0.15, 0.2) is 0 Å². The van der Waals surface area contributed by atoms with E-state index in [1.165, 1.54) is 71.7 Å². The van der Waals surface area contributed by atoms with Crippen molar-refractivity contribution in [3.05, 3.63) is 187 Å². The van der Waals surface area contributed by atoms with E-state index in [9.17, 15) is 0 Å². The Balaban J connectivity index is 1.33. The second-order valence-electron chi connectivity index (χ2n) is 13.3. The minimum atomic E-state index is -0.148. The lowest BCUT2D eigenvalue weighted by Gasteiger charge is -2.31. The zero-order valence-corrected chi connectivity index (χ0v) is 27.2. The van der Waals surface area contributed by atoms with Crippen molar-refractivity contribution in [3.63, 3.8) is 0 Å². The van der Waals surface area contributed by atoms with E-state index in [4.69, 9.17) is 0 Å². The maximum absolute atomic E-state index is 2.50. The first kappa shape index (κ1) is 28.3. The first-order chi connectivity index (χ1) is 23.6. The molecule has 1 nitrogen and oxygen atoms in total. The highest BCUT2D eigenvalue weighted by atomic mass is 15.1. The third kappa shape index (κ3) is 4.39. The molecular weight excluding hydrogens is 579 g/mol. The molecule has 8 aromatic rings. The van der Waals surface area contributed by atoms with Gasteiger partial charge in [0.2, 0.25) is 0 Å². The fourth-order valence-electron chi connectivity index (χ4n) is 8.02. The summed E-state index contributed by atoms with van der Waals surface area (Å²) in [4.78, 5) is 2.50. The summed E-state index contributed by atoms with van der Waals surface area (Å²) in [5, 5.41) is 5.09. The van der Waals surface area contributed by atoms with Crippen LogP contribution in [0.25, 0.3) is 54.9 Å². The average Bonchev–Trinajstić information content (AvgIpc) is 3.39. The molecule has 0 amide bonds. The Morgan fingerprint density at radius 2 is 1.00 bits per heavy atom. The van der Waals surface area contributed by atoms with Gasteiger partial charge < -0.3 is 4.90 Å². The minimum Gasteiger partial charge on any atom is -0.309 e. The molecule has 0 aliphatic heterocycles. The van der Waals surface area contributed by atoms with Gasteiger partial charge in [0.25, 0.3) is 0 Å². The molecule has 0 spiro atoms. The van der Waals surface area contributed by atoms with Gasteiger partial charge in [-0.2, -0.15) is 0 Å². The van der Waals surface area contributed by atoms with Gasteiger partial charge in [0.1, 0.15) is 0 Å². The van der Waals surface area contributed by atoms with Crippen molar-refractivity contribution in [1.82, 2.24) is 0 Å². The molecule has 1 heteroatoms. The van der Waals surface area contributed by atoms with Crippen molar-refractivity contribution in [2.24, 2.45) is 0 Å². The number of rotatable bonds is 5. The van der Waals surface area contributed by atoms with Crippen molar-refractivity contribution in [3.8, 4) is 33.4 Å². The van der Waals surface area contributed by atoms with E-state index < -0.39 is 0 Å². The van der Waals surface area contributed by atoms with Gasteiger partial charge in [-0.25, -0.2) is 0 Å². The lowest BCUT2D eigenvalue weighted by Crippen LogP contribution is -2.17. The van der Waals surface area contributed by atoms with Crippen LogP contribution in [0.3, 0.4) is 0 Å². The SMILES string of the molecule is CC1(C)c2ccccc2-c2c(N(c3ccc(-c4cccc5ccccc45)cc3)c3ccccc3-c3ccccc3)cc3ccccc3c21. The maximum Gasteiger partial charge on any atom is 0.0549 e. The molecule has 0 fully saturated rings. The van der Waals surface area contributed by atoms with Crippen molar-refractivity contribution in [2.45, 2.75) is 19.3 Å². The predicted octanol–water partition coefficient (Wildman–Crippen LogP) is 13.1. The Kier molecular flexibility index (Phi) is 6.55. The molecule has 0 atom stereocenters. The van der Waals surface area contributed by atoms with Crippen LogP contribution >= 0.6 is 0 Å². The van der Waals surface area contributed by atoms with Gasteiger partial charge in [0.05, 0.1) is 11.4 Å². The van der Waals surface area contributed by atoms with Crippen molar-refractivity contribution in [1.29, 1.82) is 0 Å². The summed E-state index contributed by atoms with van der Waals surface area (Å²) in [7, 11) is 0. The lowest BCUT2D eigenvalue weighted by atomic mass is 9.80. The number of hydrogen-bond donors (Lipinski definition) is 0. The summed E-state index contributed by atoms with van der Waals surface area (Å²) in [5.41, 5.74) is 13.6. The highest BCUT2D eigenvalue weighted by Gasteiger charge is 2.39. The van der Waals surface area contributed by atoms with E-state index in [0.29, 0.717) is 0 Å². The van der Waals surface area contributed by atoms with Crippen LogP contribution in [0.5, 0.6) is 0 Å². The number of para-hydroxylation sites is 1. The third-order valence-corrected chi connectivity index (χ3v) is 10.2. The van der Waals surface area contributed by atoms with Crippen molar-refractivity contribution >= 4 is 38.6 Å². The summed E-state index contributed by atoms with van der Waals surface area (Å²) in [5.74, 6) is 0. The molecule has 48 heavy (non-hydrogen) atoms. The van der Waals surface area contributed by atoms with Crippen LogP contribution in [0.15, 0.2) is 176 Å². The largest absolute Gasteiger partial charge is 0.309 e. The van der Waals surface area contributed by atoms with Crippen LogP contribution in [-0.2, 0) is 5.41 Å². The summed E-state index contributed by atoms with van der Waals surface area (Å²) in [6.07, 6.45) is 0. The number of nitrogens with zero attached hydrogens (tertiary/aromatic N) is 1. The quantitative estimate of drug-likeness (QED) is 0.187. The first-order valence-corrected chi connectivity index (χ1v) is 16.8. The minimum absolute atomic E-state index is 0.148. The first-order valence-electron chi connectivity index (χ1n) is 16.8. The molecule has 228 valence electrons. The molecule has 9 rings (SSSR count). The van der Waals surface area contributed by atoms with Gasteiger partial charge in [-0.1, -0.05) is 166 Å². The molecule has 0 N–H and O–H groups in total. The number of benzene rings is 8. The van der Waals surface area contributed by atoms with E-state index in [-0.39, 0.29) is 5.41 Å². The number of fused-ring (bicyclic) bond motifs is 6. The average molecular weight is 614 g/mol. The van der Waals surface area contributed by atoms with E-state index in [1.807, 2.05) is 0 Å². The molecule has 0 bridgehead atoms. The summed E-state index contributed by atoms with van der Waals surface area (Å²) in [6, 6.07) is 64.3. The zero-order valence-electron chi connectivity index (χ0n) is 27.2. The smallest absolute Gasteiger partial charge is 0.0549 e. The lowest BCUT2D eigenvalue weighted by molar-refractivity contribution is 0.666. The van der Waals surface area contributed by atoms with Crippen molar-refractivity contribution in [2.75, 3.05) is 4.90 Å². The topological polar surface area (TPSA) is 3.24 Å².